The molecule has 0 aromatic heterocycles. The average molecular weight is 447 g/mol. The zero-order valence-electron chi connectivity index (χ0n) is 17.4. The lowest BCUT2D eigenvalue weighted by molar-refractivity contribution is -0.116. The lowest BCUT2D eigenvalue weighted by Gasteiger charge is -2.28. The Morgan fingerprint density at radius 3 is 2.10 bits per heavy atom. The Balaban J connectivity index is 1.95. The highest BCUT2D eigenvalue weighted by atomic mass is 35.5. The summed E-state index contributed by atoms with van der Waals surface area (Å²) in [7, 11) is 0. The first-order valence-corrected chi connectivity index (χ1v) is 11.3. The summed E-state index contributed by atoms with van der Waals surface area (Å²) in [6.45, 7) is 3.39. The van der Waals surface area contributed by atoms with Crippen LogP contribution in [0.4, 0.5) is 5.69 Å². The standard InChI is InChI=1S/C24H28Cl2N2O2/c1-18(29)28-13-9-5-3-2-4-8-12-27(17-19-10-6-7-11-23(19)28)24(30)20-14-21(25)16-22(26)15-20/h6-7,10-11,14-16H,2-5,8-9,12-13,17H2,1H3. The van der Waals surface area contributed by atoms with Gasteiger partial charge in [-0.2, -0.15) is 0 Å². The Kier molecular flexibility index (Phi) is 8.17. The first-order chi connectivity index (χ1) is 14.5. The number of anilines is 1. The summed E-state index contributed by atoms with van der Waals surface area (Å²) < 4.78 is 0. The number of carbonyl (C=O) groups is 2. The van der Waals surface area contributed by atoms with Crippen LogP contribution in [0.15, 0.2) is 42.5 Å². The van der Waals surface area contributed by atoms with Crippen molar-refractivity contribution in [1.82, 2.24) is 4.90 Å². The first kappa shape index (κ1) is 22.6. The Morgan fingerprint density at radius 2 is 1.43 bits per heavy atom. The molecule has 0 radical (unpaired) electrons. The molecule has 0 unspecified atom stereocenters. The molecule has 30 heavy (non-hydrogen) atoms. The van der Waals surface area contributed by atoms with Gasteiger partial charge in [-0.3, -0.25) is 9.59 Å². The van der Waals surface area contributed by atoms with E-state index in [0.717, 1.165) is 49.8 Å². The van der Waals surface area contributed by atoms with Crippen molar-refractivity contribution in [1.29, 1.82) is 0 Å². The Labute approximate surface area is 188 Å². The molecule has 1 aliphatic heterocycles. The van der Waals surface area contributed by atoms with Crippen molar-refractivity contribution in [2.45, 2.75) is 52.0 Å². The fraction of sp³-hybridized carbons (Fsp3) is 0.417. The van der Waals surface area contributed by atoms with Crippen LogP contribution in [-0.4, -0.2) is 29.8 Å². The molecular formula is C24H28Cl2N2O2. The van der Waals surface area contributed by atoms with E-state index in [9.17, 15) is 9.59 Å². The number of nitrogens with zero attached hydrogens (tertiary/aromatic N) is 2. The average Bonchev–Trinajstić information content (AvgIpc) is 2.72. The molecule has 0 aliphatic carbocycles. The van der Waals surface area contributed by atoms with E-state index in [4.69, 9.17) is 23.2 Å². The molecule has 0 spiro atoms. The Hall–Kier alpha value is -2.04. The highest BCUT2D eigenvalue weighted by Crippen LogP contribution is 2.26. The maximum Gasteiger partial charge on any atom is 0.254 e. The van der Waals surface area contributed by atoms with Gasteiger partial charge < -0.3 is 9.80 Å². The lowest BCUT2D eigenvalue weighted by atomic mass is 10.1. The summed E-state index contributed by atoms with van der Waals surface area (Å²) in [5.41, 5.74) is 2.33. The molecular weight excluding hydrogens is 419 g/mol. The maximum atomic E-state index is 13.3. The second kappa shape index (κ2) is 10.8. The monoisotopic (exact) mass is 446 g/mol. The number of carbonyl (C=O) groups excluding carboxylic acids is 2. The van der Waals surface area contributed by atoms with E-state index in [1.165, 1.54) is 0 Å². The van der Waals surface area contributed by atoms with Gasteiger partial charge in [-0.25, -0.2) is 0 Å². The van der Waals surface area contributed by atoms with Crippen LogP contribution in [0.1, 0.15) is 61.4 Å². The third-order valence-corrected chi connectivity index (χ3v) is 5.92. The van der Waals surface area contributed by atoms with Crippen LogP contribution in [0.3, 0.4) is 0 Å². The number of fused-ring (bicyclic) bond motifs is 1. The number of para-hydroxylation sites is 1. The second-order valence-electron chi connectivity index (χ2n) is 7.81. The molecule has 0 N–H and O–H groups in total. The van der Waals surface area contributed by atoms with Crippen molar-refractivity contribution in [2.75, 3.05) is 18.0 Å². The van der Waals surface area contributed by atoms with Crippen LogP contribution in [0.2, 0.25) is 10.0 Å². The topological polar surface area (TPSA) is 40.6 Å². The molecule has 0 bridgehead atoms. The summed E-state index contributed by atoms with van der Waals surface area (Å²) >= 11 is 12.3. The Bertz CT molecular complexity index is 880. The van der Waals surface area contributed by atoms with Gasteiger partial charge in [0.2, 0.25) is 5.91 Å². The Morgan fingerprint density at radius 1 is 0.833 bits per heavy atom. The zero-order chi connectivity index (χ0) is 21.5. The molecule has 160 valence electrons. The van der Waals surface area contributed by atoms with Crippen molar-refractivity contribution in [3.8, 4) is 0 Å². The van der Waals surface area contributed by atoms with Gasteiger partial charge in [0.1, 0.15) is 0 Å². The first-order valence-electron chi connectivity index (χ1n) is 10.6. The smallest absolute Gasteiger partial charge is 0.254 e. The molecule has 0 fully saturated rings. The number of rotatable bonds is 1. The third kappa shape index (κ3) is 5.99. The van der Waals surface area contributed by atoms with E-state index in [0.29, 0.717) is 35.2 Å². The number of amides is 2. The fourth-order valence-corrected chi connectivity index (χ4v) is 4.48. The van der Waals surface area contributed by atoms with Crippen molar-refractivity contribution in [3.05, 3.63) is 63.6 Å². The van der Waals surface area contributed by atoms with Gasteiger partial charge in [0.05, 0.1) is 0 Å². The highest BCUT2D eigenvalue weighted by Gasteiger charge is 2.21. The second-order valence-corrected chi connectivity index (χ2v) is 8.68. The van der Waals surface area contributed by atoms with Crippen LogP contribution in [0.25, 0.3) is 0 Å². The summed E-state index contributed by atoms with van der Waals surface area (Å²) in [5, 5.41) is 0.889. The minimum absolute atomic E-state index is 0.0248. The van der Waals surface area contributed by atoms with Gasteiger partial charge in [0.15, 0.2) is 0 Å². The molecule has 2 aromatic carbocycles. The molecule has 0 saturated heterocycles. The van der Waals surface area contributed by atoms with Crippen LogP contribution in [0, 0.1) is 0 Å². The van der Waals surface area contributed by atoms with Crippen molar-refractivity contribution < 1.29 is 9.59 Å². The molecule has 6 heteroatoms. The van der Waals surface area contributed by atoms with Gasteiger partial charge in [-0.1, -0.05) is 67.1 Å². The quantitative estimate of drug-likeness (QED) is 0.512. The van der Waals surface area contributed by atoms with E-state index in [2.05, 4.69) is 0 Å². The summed E-state index contributed by atoms with van der Waals surface area (Å²) in [4.78, 5) is 29.4. The van der Waals surface area contributed by atoms with E-state index < -0.39 is 0 Å². The van der Waals surface area contributed by atoms with Crippen LogP contribution in [-0.2, 0) is 11.3 Å². The highest BCUT2D eigenvalue weighted by molar-refractivity contribution is 6.35. The molecule has 0 saturated carbocycles. The predicted octanol–water partition coefficient (Wildman–Crippen LogP) is 6.34. The molecule has 2 amide bonds. The summed E-state index contributed by atoms with van der Waals surface area (Å²) in [6, 6.07) is 12.8. The van der Waals surface area contributed by atoms with Crippen LogP contribution in [0.5, 0.6) is 0 Å². The van der Waals surface area contributed by atoms with Gasteiger partial charge in [0.25, 0.3) is 5.91 Å². The van der Waals surface area contributed by atoms with Gasteiger partial charge in [-0.05, 0) is 42.7 Å². The summed E-state index contributed by atoms with van der Waals surface area (Å²) in [6.07, 6.45) is 6.40. The van der Waals surface area contributed by atoms with E-state index in [-0.39, 0.29) is 11.8 Å². The van der Waals surface area contributed by atoms with Gasteiger partial charge in [0, 0.05) is 47.9 Å². The summed E-state index contributed by atoms with van der Waals surface area (Å²) in [5.74, 6) is -0.0738. The van der Waals surface area contributed by atoms with Crippen molar-refractivity contribution in [3.63, 3.8) is 0 Å². The van der Waals surface area contributed by atoms with Crippen LogP contribution < -0.4 is 4.90 Å². The van der Waals surface area contributed by atoms with E-state index in [1.807, 2.05) is 34.1 Å². The molecule has 1 heterocycles. The molecule has 2 aromatic rings. The molecule has 1 aliphatic rings. The maximum absolute atomic E-state index is 13.3. The molecule has 3 rings (SSSR count). The SMILES string of the molecule is CC(=O)N1CCCCCCCCN(C(=O)c2cc(Cl)cc(Cl)c2)Cc2ccccc21. The molecule has 4 nitrogen and oxygen atoms in total. The zero-order valence-corrected chi connectivity index (χ0v) is 18.9. The van der Waals surface area contributed by atoms with E-state index in [1.54, 1.807) is 25.1 Å². The van der Waals surface area contributed by atoms with Crippen molar-refractivity contribution >= 4 is 40.7 Å². The minimum Gasteiger partial charge on any atom is -0.334 e. The minimum atomic E-state index is -0.0987. The fourth-order valence-electron chi connectivity index (χ4n) is 3.95. The van der Waals surface area contributed by atoms with Gasteiger partial charge in [-0.15, -0.1) is 0 Å². The predicted molar refractivity (Wildman–Crippen MR) is 123 cm³/mol. The number of hydrogen-bond donors (Lipinski definition) is 0. The van der Waals surface area contributed by atoms with Crippen LogP contribution >= 0.6 is 23.2 Å². The van der Waals surface area contributed by atoms with Gasteiger partial charge >= 0.3 is 0 Å². The van der Waals surface area contributed by atoms with Crippen molar-refractivity contribution in [2.24, 2.45) is 0 Å². The lowest BCUT2D eigenvalue weighted by Crippen LogP contribution is -2.34. The van der Waals surface area contributed by atoms with E-state index >= 15 is 0 Å². The molecule has 0 atom stereocenters. The number of halogens is 2. The normalized spacial score (nSPS) is 16.1. The number of benzene rings is 2. The number of hydrogen-bond acceptors (Lipinski definition) is 2. The third-order valence-electron chi connectivity index (χ3n) is 5.48. The largest absolute Gasteiger partial charge is 0.334 e.